The van der Waals surface area contributed by atoms with Crippen LogP contribution in [-0.2, 0) is 14.3 Å². The smallest absolute Gasteiger partial charge is 0.417 e. The largest absolute Gasteiger partial charge is 0.446 e. The predicted octanol–water partition coefficient (Wildman–Crippen LogP) is 3.73. The Balaban J connectivity index is 1.84. The van der Waals surface area contributed by atoms with E-state index in [2.05, 4.69) is 0 Å². The molecular formula is C21H21NO5. The molecule has 140 valence electrons. The zero-order chi connectivity index (χ0) is 19.6. The molecule has 27 heavy (non-hydrogen) atoms. The highest BCUT2D eigenvalue weighted by atomic mass is 16.6. The van der Waals surface area contributed by atoms with Gasteiger partial charge in [0.05, 0.1) is 5.56 Å². The molecule has 0 N–H and O–H groups in total. The van der Waals surface area contributed by atoms with Gasteiger partial charge >= 0.3 is 12.1 Å². The summed E-state index contributed by atoms with van der Waals surface area (Å²) in [5.74, 6) is -1.21. The summed E-state index contributed by atoms with van der Waals surface area (Å²) in [5.41, 5.74) is 0.284. The monoisotopic (exact) mass is 367 g/mol. The van der Waals surface area contributed by atoms with Gasteiger partial charge in [-0.25, -0.2) is 14.5 Å². The lowest BCUT2D eigenvalue weighted by Gasteiger charge is -2.44. The van der Waals surface area contributed by atoms with E-state index in [1.165, 1.54) is 0 Å². The molecule has 0 spiro atoms. The molecule has 1 fully saturated rings. The normalized spacial score (nSPS) is 19.2. The second-order valence-electron chi connectivity index (χ2n) is 7.24. The Bertz CT molecular complexity index is 842. The number of carbonyl (C=O) groups excluding carboxylic acids is 3. The average molecular weight is 367 g/mol. The first kappa shape index (κ1) is 18.6. The van der Waals surface area contributed by atoms with Gasteiger partial charge in [-0.15, -0.1) is 0 Å². The second kappa shape index (κ2) is 7.23. The maximum Gasteiger partial charge on any atom is 0.417 e. The van der Waals surface area contributed by atoms with Gasteiger partial charge in [-0.1, -0.05) is 48.5 Å². The van der Waals surface area contributed by atoms with Crippen LogP contribution in [0.15, 0.2) is 60.7 Å². The molecule has 0 aromatic heterocycles. The number of imide groups is 1. The number of likely N-dealkylation sites (tertiary alicyclic amines) is 1. The van der Waals surface area contributed by atoms with Crippen LogP contribution in [-0.4, -0.2) is 34.6 Å². The molecule has 3 rings (SSSR count). The zero-order valence-corrected chi connectivity index (χ0v) is 15.4. The fraction of sp³-hybridized carbons (Fsp3) is 0.286. The van der Waals surface area contributed by atoms with Gasteiger partial charge in [-0.2, -0.15) is 0 Å². The Morgan fingerprint density at radius 1 is 0.926 bits per heavy atom. The lowest BCUT2D eigenvalue weighted by Crippen LogP contribution is -2.63. The van der Waals surface area contributed by atoms with Crippen molar-refractivity contribution in [1.29, 1.82) is 0 Å². The van der Waals surface area contributed by atoms with Crippen molar-refractivity contribution >= 4 is 18.0 Å². The summed E-state index contributed by atoms with van der Waals surface area (Å²) in [6.07, 6.45) is -1.83. The highest BCUT2D eigenvalue weighted by Gasteiger charge is 2.55. The van der Waals surface area contributed by atoms with Crippen molar-refractivity contribution in [1.82, 2.24) is 4.90 Å². The Hall–Kier alpha value is -3.15. The van der Waals surface area contributed by atoms with Gasteiger partial charge in [0.25, 0.3) is 5.91 Å². The molecule has 0 aliphatic carbocycles. The van der Waals surface area contributed by atoms with E-state index in [0.717, 1.165) is 4.90 Å². The van der Waals surface area contributed by atoms with Crippen LogP contribution in [0.25, 0.3) is 0 Å². The van der Waals surface area contributed by atoms with E-state index in [-0.39, 0.29) is 0 Å². The summed E-state index contributed by atoms with van der Waals surface area (Å²) >= 11 is 0. The van der Waals surface area contributed by atoms with E-state index >= 15 is 0 Å². The number of hydrogen-bond donors (Lipinski definition) is 0. The molecule has 1 aliphatic heterocycles. The van der Waals surface area contributed by atoms with Gasteiger partial charge in [0.1, 0.15) is 11.6 Å². The molecule has 2 aromatic rings. The fourth-order valence-electron chi connectivity index (χ4n) is 2.82. The molecule has 2 amide bonds. The molecule has 2 aromatic carbocycles. The SMILES string of the molecule is CC(C)(C)OC(=O)N1C(=O)C(OC(=O)c2ccccc2)[C@H]1c1ccccc1. The number of β-lactam (4-membered cyclic amide) rings is 1. The molecule has 0 radical (unpaired) electrons. The number of hydrogen-bond acceptors (Lipinski definition) is 5. The van der Waals surface area contributed by atoms with Crippen molar-refractivity contribution < 1.29 is 23.9 Å². The molecule has 2 atom stereocenters. The van der Waals surface area contributed by atoms with E-state index in [9.17, 15) is 14.4 Å². The lowest BCUT2D eigenvalue weighted by atomic mass is 9.91. The Labute approximate surface area is 157 Å². The minimum atomic E-state index is -1.08. The topological polar surface area (TPSA) is 72.9 Å². The van der Waals surface area contributed by atoms with Crippen molar-refractivity contribution in [2.24, 2.45) is 0 Å². The maximum absolute atomic E-state index is 12.6. The Morgan fingerprint density at radius 3 is 2.04 bits per heavy atom. The van der Waals surface area contributed by atoms with E-state index in [1.54, 1.807) is 75.4 Å². The summed E-state index contributed by atoms with van der Waals surface area (Å²) in [5, 5.41) is 0. The van der Waals surface area contributed by atoms with Crippen LogP contribution in [0.3, 0.4) is 0 Å². The third-order valence-corrected chi connectivity index (χ3v) is 4.02. The van der Waals surface area contributed by atoms with Crippen LogP contribution in [0.2, 0.25) is 0 Å². The highest BCUT2D eigenvalue weighted by Crippen LogP contribution is 2.38. The molecule has 1 saturated heterocycles. The van der Waals surface area contributed by atoms with Crippen molar-refractivity contribution in [3.05, 3.63) is 71.8 Å². The van der Waals surface area contributed by atoms with Crippen LogP contribution in [0.1, 0.15) is 42.7 Å². The van der Waals surface area contributed by atoms with Crippen LogP contribution < -0.4 is 0 Å². The minimum Gasteiger partial charge on any atom is -0.446 e. The van der Waals surface area contributed by atoms with E-state index < -0.39 is 35.7 Å². The third-order valence-electron chi connectivity index (χ3n) is 4.02. The number of benzene rings is 2. The van der Waals surface area contributed by atoms with Gasteiger partial charge in [-0.3, -0.25) is 4.79 Å². The highest BCUT2D eigenvalue weighted by molar-refractivity contribution is 6.03. The standard InChI is InChI=1S/C21H21NO5/c1-21(2,3)27-20(25)22-16(14-10-6-4-7-11-14)17(18(22)23)26-19(24)15-12-8-5-9-13-15/h4-13,16-17H,1-3H3/t16-,17?/m1/s1. The summed E-state index contributed by atoms with van der Waals surface area (Å²) in [6.45, 7) is 5.17. The third kappa shape index (κ3) is 4.00. The van der Waals surface area contributed by atoms with Crippen LogP contribution in [0.4, 0.5) is 4.79 Å². The summed E-state index contributed by atoms with van der Waals surface area (Å²) in [6, 6.07) is 16.7. The molecular weight excluding hydrogens is 346 g/mol. The number of ether oxygens (including phenoxy) is 2. The number of nitrogens with zero attached hydrogens (tertiary/aromatic N) is 1. The first-order valence-electron chi connectivity index (χ1n) is 8.65. The Kier molecular flexibility index (Phi) is 4.99. The molecule has 6 heteroatoms. The minimum absolute atomic E-state index is 0.341. The molecule has 1 aliphatic rings. The van der Waals surface area contributed by atoms with Gasteiger partial charge < -0.3 is 9.47 Å². The van der Waals surface area contributed by atoms with E-state index in [0.29, 0.717) is 11.1 Å². The summed E-state index contributed by atoms with van der Waals surface area (Å²) in [7, 11) is 0. The number of rotatable bonds is 3. The maximum atomic E-state index is 12.6. The first-order valence-corrected chi connectivity index (χ1v) is 8.65. The lowest BCUT2D eigenvalue weighted by molar-refractivity contribution is -0.165. The molecule has 0 saturated carbocycles. The molecule has 0 bridgehead atoms. The summed E-state index contributed by atoms with van der Waals surface area (Å²) in [4.78, 5) is 38.4. The van der Waals surface area contributed by atoms with Crippen LogP contribution in [0.5, 0.6) is 0 Å². The van der Waals surface area contributed by atoms with Gasteiger partial charge in [0.15, 0.2) is 0 Å². The van der Waals surface area contributed by atoms with Gasteiger partial charge in [-0.05, 0) is 38.5 Å². The number of carbonyl (C=O) groups is 3. The number of esters is 1. The van der Waals surface area contributed by atoms with Crippen molar-refractivity contribution in [2.75, 3.05) is 0 Å². The first-order chi connectivity index (χ1) is 12.8. The van der Waals surface area contributed by atoms with Crippen molar-refractivity contribution in [3.8, 4) is 0 Å². The predicted molar refractivity (Wildman–Crippen MR) is 97.9 cm³/mol. The summed E-state index contributed by atoms with van der Waals surface area (Å²) < 4.78 is 10.8. The van der Waals surface area contributed by atoms with Crippen molar-refractivity contribution in [3.63, 3.8) is 0 Å². The Morgan fingerprint density at radius 2 is 1.48 bits per heavy atom. The van der Waals surface area contributed by atoms with Gasteiger partial charge in [0, 0.05) is 0 Å². The van der Waals surface area contributed by atoms with Crippen LogP contribution >= 0.6 is 0 Å². The second-order valence-corrected chi connectivity index (χ2v) is 7.24. The van der Waals surface area contributed by atoms with Crippen molar-refractivity contribution in [2.45, 2.75) is 38.5 Å². The molecule has 1 unspecified atom stereocenters. The zero-order valence-electron chi connectivity index (χ0n) is 15.4. The quantitative estimate of drug-likeness (QED) is 0.610. The molecule has 6 nitrogen and oxygen atoms in total. The fourth-order valence-corrected chi connectivity index (χ4v) is 2.82. The van der Waals surface area contributed by atoms with E-state index in [4.69, 9.17) is 9.47 Å². The van der Waals surface area contributed by atoms with Gasteiger partial charge in [0.2, 0.25) is 6.10 Å². The number of amides is 2. The average Bonchev–Trinajstić information content (AvgIpc) is 2.63. The van der Waals surface area contributed by atoms with E-state index in [1.807, 2.05) is 6.07 Å². The van der Waals surface area contributed by atoms with Crippen LogP contribution in [0, 0.1) is 0 Å². The molecule has 1 heterocycles.